The van der Waals surface area contributed by atoms with Gasteiger partial charge in [0, 0.05) is 5.56 Å². The van der Waals surface area contributed by atoms with Crippen LogP contribution >= 0.6 is 0 Å². The van der Waals surface area contributed by atoms with Crippen LogP contribution in [0.15, 0.2) is 61.7 Å². The Hall–Kier alpha value is -2.15. The lowest BCUT2D eigenvalue weighted by molar-refractivity contribution is 0.112. The first kappa shape index (κ1) is 18.9. The first-order valence-electron chi connectivity index (χ1n) is 7.38. The van der Waals surface area contributed by atoms with Crippen LogP contribution in [0.4, 0.5) is 0 Å². The number of allylic oxidation sites excluding steroid dienone is 6. The summed E-state index contributed by atoms with van der Waals surface area (Å²) in [5.41, 5.74) is 3.88. The Labute approximate surface area is 129 Å². The van der Waals surface area contributed by atoms with E-state index in [1.165, 1.54) is 0 Å². The molecule has 21 heavy (non-hydrogen) atoms. The summed E-state index contributed by atoms with van der Waals surface area (Å²) >= 11 is 0. The van der Waals surface area contributed by atoms with Gasteiger partial charge in [0.25, 0.3) is 0 Å². The maximum absolute atomic E-state index is 10.9. The highest BCUT2D eigenvalue weighted by atomic mass is 16.1. The van der Waals surface area contributed by atoms with Crippen LogP contribution in [-0.4, -0.2) is 6.29 Å². The van der Waals surface area contributed by atoms with Crippen molar-refractivity contribution < 1.29 is 4.79 Å². The maximum Gasteiger partial charge on any atom is 0.150 e. The lowest BCUT2D eigenvalue weighted by atomic mass is 9.99. The molecule has 0 heterocycles. The molecule has 0 aliphatic carbocycles. The van der Waals surface area contributed by atoms with Crippen LogP contribution in [0.5, 0.6) is 0 Å². The Morgan fingerprint density at radius 2 is 1.86 bits per heavy atom. The first-order valence-corrected chi connectivity index (χ1v) is 7.38. The van der Waals surface area contributed by atoms with Gasteiger partial charge in [0.05, 0.1) is 0 Å². The number of rotatable bonds is 7. The summed E-state index contributed by atoms with van der Waals surface area (Å²) in [5.74, 6) is 0. The fourth-order valence-electron chi connectivity index (χ4n) is 1.85. The molecular weight excluding hydrogens is 256 g/mol. The van der Waals surface area contributed by atoms with Gasteiger partial charge in [-0.2, -0.15) is 0 Å². The highest BCUT2D eigenvalue weighted by Crippen LogP contribution is 2.19. The monoisotopic (exact) mass is 282 g/mol. The minimum atomic E-state index is 0.699. The third kappa shape index (κ3) is 7.26. The van der Waals surface area contributed by atoms with Crippen LogP contribution < -0.4 is 0 Å². The second kappa shape index (κ2) is 11.7. The number of carbonyl (C=O) groups excluding carboxylic acids is 1. The van der Waals surface area contributed by atoms with E-state index in [2.05, 4.69) is 31.4 Å². The van der Waals surface area contributed by atoms with E-state index in [0.717, 1.165) is 35.8 Å². The molecule has 1 nitrogen and oxygen atoms in total. The largest absolute Gasteiger partial charge is 0.298 e. The highest BCUT2D eigenvalue weighted by molar-refractivity contribution is 5.81. The van der Waals surface area contributed by atoms with Gasteiger partial charge in [0.2, 0.25) is 0 Å². The number of hydrogen-bond donors (Lipinski definition) is 0. The van der Waals surface area contributed by atoms with Crippen molar-refractivity contribution in [2.45, 2.75) is 33.6 Å². The van der Waals surface area contributed by atoms with Crippen molar-refractivity contribution in [3.63, 3.8) is 0 Å². The van der Waals surface area contributed by atoms with E-state index in [4.69, 9.17) is 0 Å². The molecule has 0 saturated carbocycles. The SMILES string of the molecule is C=C/C=C(\C=C/CCC=C)c1cc(C)cc(C=O)c1.CC. The summed E-state index contributed by atoms with van der Waals surface area (Å²) < 4.78 is 0. The fraction of sp³-hybridized carbons (Fsp3) is 0.250. The summed E-state index contributed by atoms with van der Waals surface area (Å²) in [5, 5.41) is 0. The molecule has 0 atom stereocenters. The Kier molecular flexibility index (Phi) is 10.5. The molecule has 0 aliphatic rings. The topological polar surface area (TPSA) is 17.1 Å². The number of hydrogen-bond acceptors (Lipinski definition) is 1. The molecule has 1 rings (SSSR count). The van der Waals surface area contributed by atoms with Gasteiger partial charge in [0.1, 0.15) is 6.29 Å². The van der Waals surface area contributed by atoms with Crippen LogP contribution in [0.25, 0.3) is 5.57 Å². The van der Waals surface area contributed by atoms with Gasteiger partial charge < -0.3 is 0 Å². The molecule has 0 unspecified atom stereocenters. The zero-order valence-corrected chi connectivity index (χ0v) is 13.4. The predicted octanol–water partition coefficient (Wildman–Crippen LogP) is 5.93. The third-order valence-corrected chi connectivity index (χ3v) is 2.70. The zero-order chi connectivity index (χ0) is 16.1. The lowest BCUT2D eigenvalue weighted by Gasteiger charge is -2.05. The summed E-state index contributed by atoms with van der Waals surface area (Å²) in [6.07, 6.45) is 12.6. The molecule has 0 N–H and O–H groups in total. The van der Waals surface area contributed by atoms with E-state index in [9.17, 15) is 4.79 Å². The van der Waals surface area contributed by atoms with Gasteiger partial charge in [-0.3, -0.25) is 4.79 Å². The molecule has 0 bridgehead atoms. The zero-order valence-electron chi connectivity index (χ0n) is 13.4. The van der Waals surface area contributed by atoms with Crippen molar-refractivity contribution in [1.82, 2.24) is 0 Å². The van der Waals surface area contributed by atoms with Crippen molar-refractivity contribution >= 4 is 11.9 Å². The van der Waals surface area contributed by atoms with E-state index < -0.39 is 0 Å². The second-order valence-electron chi connectivity index (χ2n) is 4.38. The van der Waals surface area contributed by atoms with E-state index in [1.54, 1.807) is 6.08 Å². The van der Waals surface area contributed by atoms with E-state index in [1.807, 2.05) is 45.1 Å². The molecule has 0 amide bonds. The number of unbranched alkanes of at least 4 members (excludes halogenated alkanes) is 1. The smallest absolute Gasteiger partial charge is 0.150 e. The van der Waals surface area contributed by atoms with E-state index in [0.29, 0.717) is 5.56 Å². The maximum atomic E-state index is 10.9. The van der Waals surface area contributed by atoms with E-state index >= 15 is 0 Å². The Bertz CT molecular complexity index is 519. The Balaban J connectivity index is 0.00000191. The molecule has 0 saturated heterocycles. The van der Waals surface area contributed by atoms with Gasteiger partial charge in [-0.05, 0) is 48.6 Å². The molecule has 1 aromatic carbocycles. The van der Waals surface area contributed by atoms with Crippen molar-refractivity contribution in [1.29, 1.82) is 0 Å². The number of aryl methyl sites for hydroxylation is 1. The van der Waals surface area contributed by atoms with Gasteiger partial charge in [-0.1, -0.05) is 56.9 Å². The molecule has 0 fully saturated rings. The fourth-order valence-corrected chi connectivity index (χ4v) is 1.85. The number of benzene rings is 1. The molecule has 0 aliphatic heterocycles. The molecule has 1 heteroatoms. The summed E-state index contributed by atoms with van der Waals surface area (Å²) in [4.78, 5) is 10.9. The molecule has 0 spiro atoms. The lowest BCUT2D eigenvalue weighted by Crippen LogP contribution is -1.88. The Morgan fingerprint density at radius 3 is 2.43 bits per heavy atom. The number of carbonyl (C=O) groups is 1. The molecular formula is C20H26O. The van der Waals surface area contributed by atoms with Crippen LogP contribution in [-0.2, 0) is 0 Å². The molecule has 112 valence electrons. The van der Waals surface area contributed by atoms with Crippen LogP contribution in [0.1, 0.15) is 48.2 Å². The number of aldehydes is 1. The summed E-state index contributed by atoms with van der Waals surface area (Å²) in [6, 6.07) is 5.84. The predicted molar refractivity (Wildman–Crippen MR) is 94.7 cm³/mol. The van der Waals surface area contributed by atoms with Crippen molar-refractivity contribution in [2.75, 3.05) is 0 Å². The van der Waals surface area contributed by atoms with Crippen molar-refractivity contribution in [3.05, 3.63) is 78.4 Å². The van der Waals surface area contributed by atoms with Gasteiger partial charge in [-0.25, -0.2) is 0 Å². The standard InChI is InChI=1S/C18H20O.C2H6/c1-4-6-7-8-10-17(9-5-2)18-12-15(3)11-16(13-18)14-19;1-2/h4-5,8-14H,1-2,6-7H2,3H3;1-2H3/b10-8-,17-9+;. The first-order chi connectivity index (χ1) is 10.2. The normalized spacial score (nSPS) is 10.7. The van der Waals surface area contributed by atoms with Gasteiger partial charge in [-0.15, -0.1) is 6.58 Å². The third-order valence-electron chi connectivity index (χ3n) is 2.70. The van der Waals surface area contributed by atoms with Gasteiger partial charge in [0.15, 0.2) is 0 Å². The summed E-state index contributed by atoms with van der Waals surface area (Å²) in [7, 11) is 0. The summed E-state index contributed by atoms with van der Waals surface area (Å²) in [6.45, 7) is 13.4. The molecule has 1 aromatic rings. The molecule has 0 radical (unpaired) electrons. The quantitative estimate of drug-likeness (QED) is 0.262. The van der Waals surface area contributed by atoms with Gasteiger partial charge >= 0.3 is 0 Å². The highest BCUT2D eigenvalue weighted by Gasteiger charge is 2.01. The minimum Gasteiger partial charge on any atom is -0.298 e. The average Bonchev–Trinajstić information content (AvgIpc) is 2.51. The molecule has 0 aromatic heterocycles. The van der Waals surface area contributed by atoms with Crippen molar-refractivity contribution in [2.24, 2.45) is 0 Å². The Morgan fingerprint density at radius 1 is 1.14 bits per heavy atom. The van der Waals surface area contributed by atoms with Crippen LogP contribution in [0.3, 0.4) is 0 Å². The second-order valence-corrected chi connectivity index (χ2v) is 4.38. The van der Waals surface area contributed by atoms with Crippen LogP contribution in [0.2, 0.25) is 0 Å². The average molecular weight is 282 g/mol. The van der Waals surface area contributed by atoms with E-state index in [-0.39, 0.29) is 0 Å². The van der Waals surface area contributed by atoms with Crippen molar-refractivity contribution in [3.8, 4) is 0 Å². The minimum absolute atomic E-state index is 0.699. The van der Waals surface area contributed by atoms with Crippen LogP contribution in [0, 0.1) is 6.92 Å².